The summed E-state index contributed by atoms with van der Waals surface area (Å²) in [5.74, 6) is 0.681. The first-order chi connectivity index (χ1) is 15.4. The maximum Gasteiger partial charge on any atom is 0.264 e. The quantitative estimate of drug-likeness (QED) is 0.337. The second-order valence-corrected chi connectivity index (χ2v) is 8.19. The van der Waals surface area contributed by atoms with Crippen molar-refractivity contribution in [3.8, 4) is 17.2 Å². The second-order valence-electron chi connectivity index (χ2n) is 6.91. The number of nitrogens with one attached hydrogen (secondary N) is 2. The van der Waals surface area contributed by atoms with E-state index >= 15 is 0 Å². The predicted molar refractivity (Wildman–Crippen MR) is 131 cm³/mol. The highest BCUT2D eigenvalue weighted by Crippen LogP contribution is 2.27. The minimum Gasteiger partial charge on any atom is -0.483 e. The van der Waals surface area contributed by atoms with Crippen molar-refractivity contribution in [2.24, 2.45) is 0 Å². The Kier molecular flexibility index (Phi) is 6.60. The van der Waals surface area contributed by atoms with Gasteiger partial charge in [-0.3, -0.25) is 10.1 Å². The lowest BCUT2D eigenvalue weighted by molar-refractivity contribution is -0.121. The normalized spacial score (nSPS) is 10.7. The Hall–Kier alpha value is -3.13. The minimum absolute atomic E-state index is 0.146. The van der Waals surface area contributed by atoms with Crippen LogP contribution in [-0.4, -0.2) is 22.6 Å². The molecule has 9 heteroatoms. The molecular formula is C23H17Cl2N3O3S. The topological polar surface area (TPSA) is 76.4 Å². The van der Waals surface area contributed by atoms with E-state index in [9.17, 15) is 4.79 Å². The van der Waals surface area contributed by atoms with E-state index in [1.165, 1.54) is 0 Å². The smallest absolute Gasteiger partial charge is 0.264 e. The number of amides is 1. The zero-order chi connectivity index (χ0) is 22.7. The third kappa shape index (κ3) is 5.37. The lowest BCUT2D eigenvalue weighted by Gasteiger charge is -2.11. The Morgan fingerprint density at radius 3 is 2.56 bits per heavy atom. The van der Waals surface area contributed by atoms with E-state index in [-0.39, 0.29) is 17.6 Å². The van der Waals surface area contributed by atoms with Crippen LogP contribution in [0.1, 0.15) is 5.56 Å². The van der Waals surface area contributed by atoms with Gasteiger partial charge < -0.3 is 14.5 Å². The molecule has 0 aliphatic carbocycles. The van der Waals surface area contributed by atoms with E-state index in [0.717, 1.165) is 11.1 Å². The Bertz CT molecular complexity index is 1310. The molecule has 0 radical (unpaired) electrons. The number of oxazole rings is 1. The first-order valence-corrected chi connectivity index (χ1v) is 10.7. The maximum absolute atomic E-state index is 12.2. The molecule has 0 spiro atoms. The molecule has 6 nitrogen and oxygen atoms in total. The summed E-state index contributed by atoms with van der Waals surface area (Å²) in [5, 5.41) is 6.94. The first-order valence-electron chi connectivity index (χ1n) is 9.54. The van der Waals surface area contributed by atoms with E-state index < -0.39 is 0 Å². The standard InChI is InChI=1S/C23H17Cl2N3O3S/c1-13-10-16(25)6-8-19(13)30-12-21(29)28-23(32)26-17-7-9-20-18(11-17)27-22(31-20)14-2-4-15(24)5-3-14/h2-11H,12H2,1H3,(H2,26,28,29,32). The number of carbonyl (C=O) groups is 1. The van der Waals surface area contributed by atoms with Gasteiger partial charge >= 0.3 is 0 Å². The molecule has 0 bridgehead atoms. The third-order valence-electron chi connectivity index (χ3n) is 4.49. The molecule has 1 aromatic heterocycles. The number of thiocarbonyl (C=S) groups is 1. The van der Waals surface area contributed by atoms with Crippen LogP contribution in [-0.2, 0) is 4.79 Å². The van der Waals surface area contributed by atoms with Gasteiger partial charge in [-0.15, -0.1) is 0 Å². The Labute approximate surface area is 199 Å². The average molecular weight is 486 g/mol. The zero-order valence-electron chi connectivity index (χ0n) is 16.8. The first kappa shape index (κ1) is 22.1. The number of aryl methyl sites for hydroxylation is 1. The van der Waals surface area contributed by atoms with Crippen LogP contribution >= 0.6 is 35.4 Å². The number of rotatable bonds is 5. The summed E-state index contributed by atoms with van der Waals surface area (Å²) in [6, 6.07) is 17.7. The number of fused-ring (bicyclic) bond motifs is 1. The molecular weight excluding hydrogens is 469 g/mol. The van der Waals surface area contributed by atoms with Crippen LogP contribution in [0.15, 0.2) is 65.1 Å². The van der Waals surface area contributed by atoms with E-state index in [1.54, 1.807) is 48.5 Å². The fourth-order valence-corrected chi connectivity index (χ4v) is 3.55. The molecule has 2 N–H and O–H groups in total. The van der Waals surface area contributed by atoms with Crippen LogP contribution in [0.25, 0.3) is 22.6 Å². The summed E-state index contributed by atoms with van der Waals surface area (Å²) in [5.41, 5.74) is 3.59. The molecule has 0 aliphatic rings. The van der Waals surface area contributed by atoms with Crippen molar-refractivity contribution in [1.29, 1.82) is 0 Å². The highest BCUT2D eigenvalue weighted by molar-refractivity contribution is 7.80. The van der Waals surface area contributed by atoms with Crippen molar-refractivity contribution < 1.29 is 13.9 Å². The summed E-state index contributed by atoms with van der Waals surface area (Å²) in [6.07, 6.45) is 0. The van der Waals surface area contributed by atoms with Gasteiger partial charge in [0.15, 0.2) is 17.3 Å². The fourth-order valence-electron chi connectivity index (χ4n) is 2.96. The molecule has 4 rings (SSSR count). The molecule has 4 aromatic rings. The maximum atomic E-state index is 12.2. The fraction of sp³-hybridized carbons (Fsp3) is 0.0870. The minimum atomic E-state index is -0.385. The molecule has 0 fully saturated rings. The number of hydrogen-bond donors (Lipinski definition) is 2. The highest BCUT2D eigenvalue weighted by Gasteiger charge is 2.11. The summed E-state index contributed by atoms with van der Waals surface area (Å²) in [6.45, 7) is 1.67. The van der Waals surface area contributed by atoms with Gasteiger partial charge in [0.2, 0.25) is 5.89 Å². The highest BCUT2D eigenvalue weighted by atomic mass is 35.5. The van der Waals surface area contributed by atoms with E-state index in [0.29, 0.717) is 38.5 Å². The van der Waals surface area contributed by atoms with E-state index in [2.05, 4.69) is 15.6 Å². The van der Waals surface area contributed by atoms with Crippen LogP contribution < -0.4 is 15.4 Å². The van der Waals surface area contributed by atoms with Crippen LogP contribution in [0.3, 0.4) is 0 Å². The number of anilines is 1. The molecule has 0 atom stereocenters. The van der Waals surface area contributed by atoms with E-state index in [1.807, 2.05) is 19.1 Å². The summed E-state index contributed by atoms with van der Waals surface area (Å²) < 4.78 is 11.3. The SMILES string of the molecule is Cc1cc(Cl)ccc1OCC(=O)NC(=S)Nc1ccc2oc(-c3ccc(Cl)cc3)nc2c1. The molecule has 32 heavy (non-hydrogen) atoms. The number of carbonyl (C=O) groups excluding carboxylic acids is 1. The zero-order valence-corrected chi connectivity index (χ0v) is 19.1. The molecule has 3 aromatic carbocycles. The number of halogens is 2. The lowest BCUT2D eigenvalue weighted by atomic mass is 10.2. The second kappa shape index (κ2) is 9.56. The predicted octanol–water partition coefficient (Wildman–Crippen LogP) is 6.00. The number of ether oxygens (including phenoxy) is 1. The number of hydrogen-bond acceptors (Lipinski definition) is 5. The molecule has 1 heterocycles. The van der Waals surface area contributed by atoms with Crippen LogP contribution in [0.4, 0.5) is 5.69 Å². The lowest BCUT2D eigenvalue weighted by Crippen LogP contribution is -2.37. The Morgan fingerprint density at radius 2 is 1.81 bits per heavy atom. The molecule has 0 saturated heterocycles. The van der Waals surface area contributed by atoms with Gasteiger partial charge in [-0.2, -0.15) is 0 Å². The third-order valence-corrected chi connectivity index (χ3v) is 5.18. The Balaban J connectivity index is 1.36. The largest absolute Gasteiger partial charge is 0.483 e. The molecule has 0 aliphatic heterocycles. The molecule has 162 valence electrons. The summed E-state index contributed by atoms with van der Waals surface area (Å²) >= 11 is 17.1. The Morgan fingerprint density at radius 1 is 1.06 bits per heavy atom. The summed E-state index contributed by atoms with van der Waals surface area (Å²) in [4.78, 5) is 16.7. The number of benzene rings is 3. The van der Waals surface area contributed by atoms with Crippen molar-refractivity contribution in [1.82, 2.24) is 10.3 Å². The van der Waals surface area contributed by atoms with Gasteiger partial charge in [-0.25, -0.2) is 4.98 Å². The number of aromatic nitrogens is 1. The van der Waals surface area contributed by atoms with Crippen LogP contribution in [0.2, 0.25) is 10.0 Å². The van der Waals surface area contributed by atoms with Crippen molar-refractivity contribution in [3.63, 3.8) is 0 Å². The average Bonchev–Trinajstić information content (AvgIpc) is 3.17. The van der Waals surface area contributed by atoms with Gasteiger partial charge in [-0.1, -0.05) is 23.2 Å². The molecule has 0 saturated carbocycles. The number of nitrogens with zero attached hydrogens (tertiary/aromatic N) is 1. The van der Waals surface area contributed by atoms with Gasteiger partial charge in [0.1, 0.15) is 11.3 Å². The van der Waals surface area contributed by atoms with Crippen LogP contribution in [0, 0.1) is 6.92 Å². The van der Waals surface area contributed by atoms with Crippen molar-refractivity contribution in [3.05, 3.63) is 76.3 Å². The van der Waals surface area contributed by atoms with Crippen molar-refractivity contribution in [2.45, 2.75) is 6.92 Å². The molecule has 0 unspecified atom stereocenters. The van der Waals surface area contributed by atoms with Gasteiger partial charge in [0.05, 0.1) is 0 Å². The van der Waals surface area contributed by atoms with Crippen molar-refractivity contribution >= 4 is 63.2 Å². The van der Waals surface area contributed by atoms with Crippen LogP contribution in [0.5, 0.6) is 5.75 Å². The summed E-state index contributed by atoms with van der Waals surface area (Å²) in [7, 11) is 0. The van der Waals surface area contributed by atoms with Gasteiger partial charge in [0, 0.05) is 21.3 Å². The monoisotopic (exact) mass is 485 g/mol. The molecule has 1 amide bonds. The van der Waals surface area contributed by atoms with Gasteiger partial charge in [0.25, 0.3) is 5.91 Å². The van der Waals surface area contributed by atoms with Crippen molar-refractivity contribution in [2.75, 3.05) is 11.9 Å². The van der Waals surface area contributed by atoms with E-state index in [4.69, 9.17) is 44.6 Å². The van der Waals surface area contributed by atoms with Gasteiger partial charge in [-0.05, 0) is 85.4 Å².